The average Bonchev–Trinajstić information content (AvgIpc) is 2.12. The Kier molecular flexibility index (Phi) is 12.8. The lowest BCUT2D eigenvalue weighted by atomic mass is 9.92. The van der Waals surface area contributed by atoms with Crippen molar-refractivity contribution in [3.63, 3.8) is 0 Å². The summed E-state index contributed by atoms with van der Waals surface area (Å²) in [6, 6.07) is 0. The molecule has 15 heavy (non-hydrogen) atoms. The van der Waals surface area contributed by atoms with Gasteiger partial charge in [0.15, 0.2) is 0 Å². The Labute approximate surface area is 102 Å². The van der Waals surface area contributed by atoms with E-state index in [4.69, 9.17) is 10.3 Å². The summed E-state index contributed by atoms with van der Waals surface area (Å²) < 4.78 is 24.5. The van der Waals surface area contributed by atoms with Crippen LogP contribution < -0.4 is 27.9 Å². The Morgan fingerprint density at radius 2 is 1.40 bits per heavy atom. The maximum absolute atomic E-state index is 8.68. The summed E-state index contributed by atoms with van der Waals surface area (Å²) in [5.74, 6) is 0.745. The molecule has 0 amide bonds. The molecule has 3 nitrogen and oxygen atoms in total. The molecule has 0 atom stereocenters. The third-order valence-corrected chi connectivity index (χ3v) is 2.39. The Morgan fingerprint density at radius 3 is 1.47 bits per heavy atom. The standard InChI is InChI=1S/C11H22.HIO3/c1-6-10(7-2)11(8-3)9(4)5;2-1(3)4/h9H,6-8H2,1-5H3;2H. The van der Waals surface area contributed by atoms with Gasteiger partial charge in [-0.3, -0.25) is 0 Å². The van der Waals surface area contributed by atoms with E-state index in [1.807, 2.05) is 0 Å². The molecular formula is C11H23IO3. The van der Waals surface area contributed by atoms with Crippen molar-refractivity contribution in [2.24, 2.45) is 5.92 Å². The van der Waals surface area contributed by atoms with Crippen molar-refractivity contribution < 1.29 is 31.4 Å². The molecule has 0 fully saturated rings. The zero-order chi connectivity index (χ0) is 12.4. The molecule has 0 aromatic heterocycles. The minimum atomic E-state index is -3.76. The van der Waals surface area contributed by atoms with Crippen LogP contribution in [0.3, 0.4) is 0 Å². The number of allylic oxidation sites excluding steroid dienone is 2. The van der Waals surface area contributed by atoms with E-state index < -0.39 is 21.1 Å². The molecule has 0 aromatic carbocycles. The lowest BCUT2D eigenvalue weighted by molar-refractivity contribution is -1.63. The first-order valence-electron chi connectivity index (χ1n) is 5.35. The summed E-state index contributed by atoms with van der Waals surface area (Å²) >= 11 is -3.76. The van der Waals surface area contributed by atoms with Crippen LogP contribution in [0.5, 0.6) is 0 Å². The Morgan fingerprint density at radius 1 is 1.07 bits per heavy atom. The minimum absolute atomic E-state index is 0.745. The van der Waals surface area contributed by atoms with Crippen LogP contribution in [0.15, 0.2) is 11.1 Å². The first-order chi connectivity index (χ1) is 6.90. The number of hydrogen-bond acceptors (Lipinski definition) is 3. The highest BCUT2D eigenvalue weighted by molar-refractivity contribution is 5.15. The minimum Gasteiger partial charge on any atom is -0.396 e. The van der Waals surface area contributed by atoms with Gasteiger partial charge in [-0.2, -0.15) is 0 Å². The van der Waals surface area contributed by atoms with Gasteiger partial charge in [-0.25, -0.2) is 0 Å². The van der Waals surface area contributed by atoms with Crippen molar-refractivity contribution in [3.05, 3.63) is 11.1 Å². The molecule has 0 aromatic rings. The molecule has 92 valence electrons. The molecule has 0 aliphatic heterocycles. The monoisotopic (exact) mass is 330 g/mol. The van der Waals surface area contributed by atoms with Crippen molar-refractivity contribution in [2.75, 3.05) is 0 Å². The van der Waals surface area contributed by atoms with Gasteiger partial charge in [0.25, 0.3) is 0 Å². The molecular weight excluding hydrogens is 307 g/mol. The van der Waals surface area contributed by atoms with Gasteiger partial charge in [0.05, 0.1) is 0 Å². The molecule has 0 radical (unpaired) electrons. The summed E-state index contributed by atoms with van der Waals surface area (Å²) in [7, 11) is 0. The van der Waals surface area contributed by atoms with Gasteiger partial charge in [0.1, 0.15) is 0 Å². The molecule has 0 spiro atoms. The third-order valence-electron chi connectivity index (χ3n) is 2.39. The molecule has 0 bridgehead atoms. The van der Waals surface area contributed by atoms with Crippen LogP contribution in [0.25, 0.3) is 0 Å². The van der Waals surface area contributed by atoms with Crippen molar-refractivity contribution in [1.82, 2.24) is 0 Å². The Bertz CT molecular complexity index is 168. The van der Waals surface area contributed by atoms with Gasteiger partial charge < -0.3 is 6.87 Å². The predicted molar refractivity (Wildman–Crippen MR) is 55.0 cm³/mol. The van der Waals surface area contributed by atoms with Crippen LogP contribution in [0.4, 0.5) is 0 Å². The fraction of sp³-hybridized carbons (Fsp3) is 0.818. The van der Waals surface area contributed by atoms with Crippen LogP contribution >= 0.6 is 0 Å². The zero-order valence-corrected chi connectivity index (χ0v) is 12.5. The van der Waals surface area contributed by atoms with Crippen LogP contribution in [-0.2, 0) is 0 Å². The largest absolute Gasteiger partial charge is 0.503 e. The first kappa shape index (κ1) is 17.7. The predicted octanol–water partition coefficient (Wildman–Crippen LogP) is -1.76. The fourth-order valence-corrected chi connectivity index (χ4v) is 1.77. The molecule has 0 rings (SSSR count). The normalized spacial score (nSPS) is 10.0. The summed E-state index contributed by atoms with van der Waals surface area (Å²) in [5.41, 5.74) is 3.34. The van der Waals surface area contributed by atoms with Crippen molar-refractivity contribution >= 4 is 0 Å². The zero-order valence-electron chi connectivity index (χ0n) is 10.3. The van der Waals surface area contributed by atoms with Crippen molar-refractivity contribution in [2.45, 2.75) is 53.9 Å². The van der Waals surface area contributed by atoms with Gasteiger partial charge in [0.2, 0.25) is 0 Å². The van der Waals surface area contributed by atoms with E-state index in [1.165, 1.54) is 19.3 Å². The molecule has 0 aliphatic rings. The summed E-state index contributed by atoms with van der Waals surface area (Å²) in [4.78, 5) is 0. The van der Waals surface area contributed by atoms with Crippen molar-refractivity contribution in [1.29, 1.82) is 0 Å². The molecule has 1 N–H and O–H groups in total. The molecule has 0 saturated carbocycles. The second kappa shape index (κ2) is 10.9. The van der Waals surface area contributed by atoms with Gasteiger partial charge in [-0.1, -0.05) is 45.8 Å². The molecule has 0 heterocycles. The van der Waals surface area contributed by atoms with Gasteiger partial charge in [-0.05, 0) is 28.6 Å². The molecule has 0 saturated heterocycles. The van der Waals surface area contributed by atoms with Crippen LogP contribution in [0.1, 0.15) is 53.9 Å². The third kappa shape index (κ3) is 10.6. The van der Waals surface area contributed by atoms with Crippen LogP contribution in [0, 0.1) is 5.92 Å². The van der Waals surface area contributed by atoms with Crippen LogP contribution in [0.2, 0.25) is 0 Å². The second-order valence-electron chi connectivity index (χ2n) is 3.55. The Hall–Kier alpha value is 0.350. The van der Waals surface area contributed by atoms with Gasteiger partial charge >= 0.3 is 21.1 Å². The average molecular weight is 330 g/mol. The molecule has 4 heteroatoms. The molecule has 0 aliphatic carbocycles. The fourth-order valence-electron chi connectivity index (χ4n) is 1.77. The number of hydrogen-bond donors (Lipinski definition) is 1. The van der Waals surface area contributed by atoms with E-state index in [1.54, 1.807) is 11.1 Å². The Balaban J connectivity index is 0. The highest BCUT2D eigenvalue weighted by atomic mass is 127. The van der Waals surface area contributed by atoms with E-state index in [-0.39, 0.29) is 0 Å². The summed E-state index contributed by atoms with van der Waals surface area (Å²) in [5, 5.41) is 0. The SMILES string of the molecule is CCC(CC)=C(CC)C(C)C.[O-][I+2]([O-])O. The maximum Gasteiger partial charge on any atom is 0.503 e. The van der Waals surface area contributed by atoms with E-state index >= 15 is 0 Å². The smallest absolute Gasteiger partial charge is 0.396 e. The lowest BCUT2D eigenvalue weighted by Gasteiger charge is -2.14. The first-order valence-corrected chi connectivity index (χ1v) is 8.08. The summed E-state index contributed by atoms with van der Waals surface area (Å²) in [6.07, 6.45) is 3.70. The van der Waals surface area contributed by atoms with Crippen LogP contribution in [-0.4, -0.2) is 3.44 Å². The number of halogens is 1. The van der Waals surface area contributed by atoms with Gasteiger partial charge in [0, 0.05) is 0 Å². The van der Waals surface area contributed by atoms with E-state index in [0.29, 0.717) is 0 Å². The van der Waals surface area contributed by atoms with Crippen molar-refractivity contribution in [3.8, 4) is 0 Å². The van der Waals surface area contributed by atoms with E-state index in [2.05, 4.69) is 34.6 Å². The van der Waals surface area contributed by atoms with E-state index in [0.717, 1.165) is 5.92 Å². The molecule has 0 unspecified atom stereocenters. The highest BCUT2D eigenvalue weighted by Crippen LogP contribution is 2.22. The highest BCUT2D eigenvalue weighted by Gasteiger charge is 2.05. The lowest BCUT2D eigenvalue weighted by Crippen LogP contribution is -3.98. The second-order valence-corrected chi connectivity index (χ2v) is 4.69. The van der Waals surface area contributed by atoms with E-state index in [9.17, 15) is 0 Å². The number of rotatable bonds is 4. The maximum atomic E-state index is 8.68. The van der Waals surface area contributed by atoms with Gasteiger partial charge in [-0.15, -0.1) is 0 Å². The quantitative estimate of drug-likeness (QED) is 0.491. The topological polar surface area (TPSA) is 66.3 Å². The summed E-state index contributed by atoms with van der Waals surface area (Å²) in [6.45, 7) is 11.4.